The fourth-order valence-electron chi connectivity index (χ4n) is 2.43. The second-order valence-electron chi connectivity index (χ2n) is 5.97. The van der Waals surface area contributed by atoms with Crippen molar-refractivity contribution in [1.29, 1.82) is 0 Å². The molecule has 1 N–H and O–H groups in total. The van der Waals surface area contributed by atoms with Crippen LogP contribution in [0.1, 0.15) is 19.4 Å². The highest BCUT2D eigenvalue weighted by atomic mass is 16.5. The number of methoxy groups -OCH3 is 2. The van der Waals surface area contributed by atoms with Gasteiger partial charge in [0, 0.05) is 23.4 Å². The average Bonchev–Trinajstić information content (AvgIpc) is 2.73. The third-order valence-electron chi connectivity index (χ3n) is 3.93. The molecule has 0 aromatic heterocycles. The van der Waals surface area contributed by atoms with Gasteiger partial charge in [0.25, 0.3) is 5.91 Å². The normalized spacial score (nSPS) is 11.6. The molecule has 0 heterocycles. The largest absolute Gasteiger partial charge is 0.497 e. The molecule has 7 heteroatoms. The van der Waals surface area contributed by atoms with Crippen LogP contribution < -0.4 is 19.5 Å². The molecule has 1 unspecified atom stereocenters. The summed E-state index contributed by atoms with van der Waals surface area (Å²) < 4.78 is 20.9. The van der Waals surface area contributed by atoms with E-state index in [9.17, 15) is 9.59 Å². The predicted octanol–water partition coefficient (Wildman–Crippen LogP) is 3.69. The van der Waals surface area contributed by atoms with Crippen molar-refractivity contribution in [3.63, 3.8) is 0 Å². The fourth-order valence-corrected chi connectivity index (χ4v) is 2.43. The van der Waals surface area contributed by atoms with Crippen LogP contribution in [0.2, 0.25) is 0 Å². The van der Waals surface area contributed by atoms with Gasteiger partial charge in [0.1, 0.15) is 17.2 Å². The summed E-state index contributed by atoms with van der Waals surface area (Å²) in [7, 11) is 3.08. The zero-order valence-electron chi connectivity index (χ0n) is 16.9. The number of anilines is 1. The summed E-state index contributed by atoms with van der Waals surface area (Å²) >= 11 is 0. The lowest BCUT2D eigenvalue weighted by Crippen LogP contribution is -2.29. The smallest absolute Gasteiger partial charge is 0.331 e. The highest BCUT2D eigenvalue weighted by molar-refractivity contribution is 5.96. The Labute approximate surface area is 170 Å². The second kappa shape index (κ2) is 10.8. The molecular weight excluding hydrogens is 374 g/mol. The van der Waals surface area contributed by atoms with Gasteiger partial charge in [-0.05, 0) is 56.3 Å². The number of benzene rings is 2. The minimum Gasteiger partial charge on any atom is -0.497 e. The number of hydrogen-bond donors (Lipinski definition) is 1. The van der Waals surface area contributed by atoms with E-state index in [1.807, 2.05) is 6.92 Å². The van der Waals surface area contributed by atoms with Gasteiger partial charge in [0.15, 0.2) is 6.10 Å². The summed E-state index contributed by atoms with van der Waals surface area (Å²) in [6.45, 7) is 3.96. The van der Waals surface area contributed by atoms with E-state index in [0.717, 1.165) is 0 Å². The van der Waals surface area contributed by atoms with E-state index in [4.69, 9.17) is 18.9 Å². The van der Waals surface area contributed by atoms with Crippen LogP contribution in [0.3, 0.4) is 0 Å². The molecule has 1 amide bonds. The summed E-state index contributed by atoms with van der Waals surface area (Å²) in [4.78, 5) is 24.3. The van der Waals surface area contributed by atoms with Crippen molar-refractivity contribution in [2.24, 2.45) is 0 Å². The number of rotatable bonds is 9. The lowest BCUT2D eigenvalue weighted by molar-refractivity contribution is -0.148. The molecule has 0 saturated heterocycles. The Morgan fingerprint density at radius 3 is 2.34 bits per heavy atom. The number of ether oxygens (including phenoxy) is 4. The van der Waals surface area contributed by atoms with Crippen molar-refractivity contribution in [2.45, 2.75) is 20.0 Å². The molecule has 29 heavy (non-hydrogen) atoms. The maximum absolute atomic E-state index is 12.2. The number of carbonyl (C=O) groups excluding carboxylic acids is 2. The van der Waals surface area contributed by atoms with E-state index in [1.165, 1.54) is 20.1 Å². The first-order valence-electron chi connectivity index (χ1n) is 9.11. The topological polar surface area (TPSA) is 83.1 Å². The molecule has 0 aliphatic heterocycles. The molecule has 0 bridgehead atoms. The minimum absolute atomic E-state index is 0.432. The highest BCUT2D eigenvalue weighted by Crippen LogP contribution is 2.25. The average molecular weight is 399 g/mol. The Morgan fingerprint density at radius 1 is 1.03 bits per heavy atom. The molecule has 0 spiro atoms. The van der Waals surface area contributed by atoms with Gasteiger partial charge >= 0.3 is 5.97 Å². The molecule has 1 atom stereocenters. The Morgan fingerprint density at radius 2 is 1.72 bits per heavy atom. The Bertz CT molecular complexity index is 860. The summed E-state index contributed by atoms with van der Waals surface area (Å²) in [5, 5.41) is 2.69. The van der Waals surface area contributed by atoms with Gasteiger partial charge in [-0.2, -0.15) is 0 Å². The van der Waals surface area contributed by atoms with Crippen LogP contribution in [-0.2, 0) is 14.3 Å². The van der Waals surface area contributed by atoms with Gasteiger partial charge in [-0.3, -0.25) is 4.79 Å². The number of esters is 1. The van der Waals surface area contributed by atoms with Crippen LogP contribution in [0.25, 0.3) is 6.08 Å². The number of amides is 1. The first kappa shape index (κ1) is 21.8. The molecule has 0 aliphatic rings. The molecule has 2 aromatic carbocycles. The van der Waals surface area contributed by atoms with Crippen molar-refractivity contribution in [1.82, 2.24) is 0 Å². The number of hydrogen-bond acceptors (Lipinski definition) is 6. The number of nitrogens with one attached hydrogen (secondary N) is 1. The van der Waals surface area contributed by atoms with Gasteiger partial charge in [-0.1, -0.05) is 0 Å². The van der Waals surface area contributed by atoms with Gasteiger partial charge in [0.05, 0.1) is 20.8 Å². The van der Waals surface area contributed by atoms with Gasteiger partial charge in [0.2, 0.25) is 0 Å². The van der Waals surface area contributed by atoms with E-state index in [-0.39, 0.29) is 0 Å². The Hall–Kier alpha value is -3.48. The predicted molar refractivity (Wildman–Crippen MR) is 110 cm³/mol. The third-order valence-corrected chi connectivity index (χ3v) is 3.93. The second-order valence-corrected chi connectivity index (χ2v) is 5.97. The maximum atomic E-state index is 12.2. The zero-order valence-corrected chi connectivity index (χ0v) is 16.9. The molecule has 0 aliphatic carbocycles. The summed E-state index contributed by atoms with van der Waals surface area (Å²) in [6, 6.07) is 12.1. The molecule has 154 valence electrons. The van der Waals surface area contributed by atoms with Gasteiger partial charge in [-0.15, -0.1) is 0 Å². The summed E-state index contributed by atoms with van der Waals surface area (Å²) in [6.07, 6.45) is 1.83. The van der Waals surface area contributed by atoms with E-state index >= 15 is 0 Å². The van der Waals surface area contributed by atoms with Crippen LogP contribution in [0, 0.1) is 0 Å². The van der Waals surface area contributed by atoms with Crippen LogP contribution in [0.5, 0.6) is 17.2 Å². The standard InChI is InChI=1S/C22H25NO6/c1-5-28-18-11-8-17(9-12-18)23-22(25)15(2)29-21(24)13-7-16-6-10-19(26-3)14-20(16)27-4/h6-15H,5H2,1-4H3,(H,23,25)/b13-7+. The molecule has 0 saturated carbocycles. The number of carbonyl (C=O) groups is 2. The maximum Gasteiger partial charge on any atom is 0.331 e. The Balaban J connectivity index is 1.92. The Kier molecular flexibility index (Phi) is 8.09. The molecule has 0 fully saturated rings. The summed E-state index contributed by atoms with van der Waals surface area (Å²) in [5.74, 6) is 0.829. The fraction of sp³-hybridized carbons (Fsp3) is 0.273. The van der Waals surface area contributed by atoms with Crippen molar-refractivity contribution in [3.05, 3.63) is 54.1 Å². The van der Waals surface area contributed by atoms with Crippen LogP contribution >= 0.6 is 0 Å². The van der Waals surface area contributed by atoms with Crippen LogP contribution in [0.4, 0.5) is 5.69 Å². The van der Waals surface area contributed by atoms with E-state index < -0.39 is 18.0 Å². The van der Waals surface area contributed by atoms with Crippen molar-refractivity contribution in [3.8, 4) is 17.2 Å². The first-order chi connectivity index (χ1) is 14.0. The van der Waals surface area contributed by atoms with Crippen LogP contribution in [0.15, 0.2) is 48.5 Å². The SMILES string of the molecule is CCOc1ccc(NC(=O)C(C)OC(=O)/C=C/c2ccc(OC)cc2OC)cc1. The lowest BCUT2D eigenvalue weighted by atomic mass is 10.1. The van der Waals surface area contributed by atoms with E-state index in [0.29, 0.717) is 35.1 Å². The monoisotopic (exact) mass is 399 g/mol. The first-order valence-corrected chi connectivity index (χ1v) is 9.11. The van der Waals surface area contributed by atoms with E-state index in [1.54, 1.807) is 55.7 Å². The van der Waals surface area contributed by atoms with Crippen molar-refractivity contribution < 1.29 is 28.5 Å². The van der Waals surface area contributed by atoms with Gasteiger partial charge in [-0.25, -0.2) is 4.79 Å². The molecule has 2 aromatic rings. The van der Waals surface area contributed by atoms with Gasteiger partial charge < -0.3 is 24.3 Å². The molecule has 7 nitrogen and oxygen atoms in total. The summed E-state index contributed by atoms with van der Waals surface area (Å²) in [5.41, 5.74) is 1.26. The molecule has 2 rings (SSSR count). The third kappa shape index (κ3) is 6.57. The quantitative estimate of drug-likeness (QED) is 0.512. The van der Waals surface area contributed by atoms with Crippen molar-refractivity contribution >= 4 is 23.6 Å². The van der Waals surface area contributed by atoms with E-state index in [2.05, 4.69) is 5.32 Å². The molecule has 0 radical (unpaired) electrons. The highest BCUT2D eigenvalue weighted by Gasteiger charge is 2.17. The van der Waals surface area contributed by atoms with Crippen LogP contribution in [-0.4, -0.2) is 38.8 Å². The molecular formula is C22H25NO6. The van der Waals surface area contributed by atoms with Crippen molar-refractivity contribution in [2.75, 3.05) is 26.1 Å². The minimum atomic E-state index is -0.962. The zero-order chi connectivity index (χ0) is 21.2. The lowest BCUT2D eigenvalue weighted by Gasteiger charge is -2.13.